The molecule has 0 bridgehead atoms. The highest BCUT2D eigenvalue weighted by molar-refractivity contribution is 7.94. The Hall–Kier alpha value is -1.50. The Labute approximate surface area is 130 Å². The number of alkyl halides is 3. The number of anilines is 1. The first-order chi connectivity index (χ1) is 10.3. The van der Waals surface area contributed by atoms with Gasteiger partial charge in [0.2, 0.25) is 0 Å². The maximum Gasteiger partial charge on any atom is 0.417 e. The summed E-state index contributed by atoms with van der Waals surface area (Å²) in [7, 11) is 0. The zero-order valence-corrected chi connectivity index (χ0v) is 12.6. The maximum absolute atomic E-state index is 13.3. The Morgan fingerprint density at radius 1 is 1.36 bits per heavy atom. The molecule has 0 radical (unpaired) electrons. The van der Waals surface area contributed by atoms with Crippen molar-refractivity contribution in [3.8, 4) is 0 Å². The lowest BCUT2D eigenvalue weighted by Gasteiger charge is -2.45. The molecule has 22 heavy (non-hydrogen) atoms. The van der Waals surface area contributed by atoms with Gasteiger partial charge in [-0.15, -0.1) is 0 Å². The molecule has 0 unspecified atom stereocenters. The fourth-order valence-electron chi connectivity index (χ4n) is 3.03. The molecule has 1 aliphatic carbocycles. The summed E-state index contributed by atoms with van der Waals surface area (Å²) >= 11 is -0.113. The monoisotopic (exact) mass is 330 g/mol. The number of rotatable bonds is 2. The van der Waals surface area contributed by atoms with Gasteiger partial charge in [0, 0.05) is 23.5 Å². The molecular weight excluding hydrogens is 316 g/mol. The normalized spacial score (nSPS) is 24.7. The van der Waals surface area contributed by atoms with Gasteiger partial charge < -0.3 is 4.90 Å². The summed E-state index contributed by atoms with van der Waals surface area (Å²) in [6.45, 7) is 5.85. The van der Waals surface area contributed by atoms with Gasteiger partial charge in [0.1, 0.15) is 5.82 Å². The number of halogens is 4. The molecule has 0 spiro atoms. The van der Waals surface area contributed by atoms with Crippen LogP contribution in [0.3, 0.4) is 0 Å². The maximum atomic E-state index is 13.3. The van der Waals surface area contributed by atoms with Crippen LogP contribution in [0.4, 0.5) is 22.9 Å². The lowest BCUT2D eigenvalue weighted by molar-refractivity contribution is -0.0690. The predicted octanol–water partition coefficient (Wildman–Crippen LogP) is 5.14. The summed E-state index contributed by atoms with van der Waals surface area (Å²) in [4.78, 5) is 5.88. The number of hydrogen-bond donors (Lipinski definition) is 0. The minimum absolute atomic E-state index is 0.0586. The van der Waals surface area contributed by atoms with E-state index in [9.17, 15) is 17.1 Å². The third-order valence-electron chi connectivity index (χ3n) is 4.09. The van der Waals surface area contributed by atoms with Crippen molar-refractivity contribution in [3.63, 3.8) is 0 Å². The molecule has 1 aliphatic heterocycles. The Kier molecular flexibility index (Phi) is 3.71. The number of aromatic nitrogens is 1. The average molecular weight is 330 g/mol. The number of allylic oxidation sites excluding steroid dienone is 2. The van der Waals surface area contributed by atoms with Gasteiger partial charge in [-0.05, 0) is 30.9 Å². The molecule has 2 aliphatic rings. The van der Waals surface area contributed by atoms with E-state index in [1.807, 2.05) is 0 Å². The predicted molar refractivity (Wildman–Crippen MR) is 79.0 cm³/mol. The number of hydrogen-bond acceptors (Lipinski definition) is 3. The molecule has 0 N–H and O–H groups in total. The Balaban J connectivity index is 2.10. The van der Waals surface area contributed by atoms with Crippen LogP contribution < -0.4 is 4.90 Å². The van der Waals surface area contributed by atoms with Gasteiger partial charge >= 0.3 is 6.18 Å². The van der Waals surface area contributed by atoms with E-state index < -0.39 is 11.7 Å². The highest BCUT2D eigenvalue weighted by atomic mass is 32.2. The third kappa shape index (κ3) is 2.51. The van der Waals surface area contributed by atoms with Crippen molar-refractivity contribution in [3.05, 3.63) is 36.2 Å². The topological polar surface area (TPSA) is 16.1 Å². The van der Waals surface area contributed by atoms with E-state index in [1.165, 1.54) is 12.3 Å². The van der Waals surface area contributed by atoms with Gasteiger partial charge in [-0.2, -0.15) is 17.1 Å². The molecule has 1 saturated carbocycles. The van der Waals surface area contributed by atoms with Crippen LogP contribution in [0.5, 0.6) is 0 Å². The van der Waals surface area contributed by atoms with Gasteiger partial charge in [0.05, 0.1) is 22.6 Å². The zero-order valence-electron chi connectivity index (χ0n) is 11.8. The lowest BCUT2D eigenvalue weighted by atomic mass is 9.79. The minimum Gasteiger partial charge on any atom is -0.323 e. The highest BCUT2D eigenvalue weighted by Gasteiger charge is 2.43. The van der Waals surface area contributed by atoms with Crippen LogP contribution in [-0.2, 0) is 0 Å². The van der Waals surface area contributed by atoms with Crippen LogP contribution >= 0.6 is 12.1 Å². The Morgan fingerprint density at radius 2 is 2.05 bits per heavy atom. The second kappa shape index (κ2) is 5.30. The second-order valence-corrected chi connectivity index (χ2v) is 6.39. The molecule has 7 heteroatoms. The first-order valence-corrected chi connectivity index (χ1v) is 7.59. The van der Waals surface area contributed by atoms with Gasteiger partial charge in [0.25, 0.3) is 0 Å². The smallest absolute Gasteiger partial charge is 0.323 e. The molecule has 1 aromatic heterocycles. The average Bonchev–Trinajstić information content (AvgIpc) is 2.42. The van der Waals surface area contributed by atoms with E-state index in [0.717, 1.165) is 18.9 Å². The Bertz CT molecular complexity index is 647. The van der Waals surface area contributed by atoms with Crippen molar-refractivity contribution >= 4 is 23.5 Å². The van der Waals surface area contributed by atoms with Crippen molar-refractivity contribution in [2.24, 2.45) is 5.92 Å². The summed E-state index contributed by atoms with van der Waals surface area (Å²) in [6.07, 6.45) is -0.479. The van der Waals surface area contributed by atoms with Crippen molar-refractivity contribution in [2.75, 3.05) is 4.90 Å². The molecule has 0 amide bonds. The van der Waals surface area contributed by atoms with Gasteiger partial charge in [-0.1, -0.05) is 13.5 Å². The van der Waals surface area contributed by atoms with E-state index in [-0.39, 0.29) is 40.2 Å². The first-order valence-electron chi connectivity index (χ1n) is 6.87. The van der Waals surface area contributed by atoms with E-state index in [4.69, 9.17) is 0 Å². The molecule has 2 nitrogen and oxygen atoms in total. The van der Waals surface area contributed by atoms with Crippen LogP contribution in [-0.4, -0.2) is 17.2 Å². The Morgan fingerprint density at radius 3 is 2.59 bits per heavy atom. The summed E-state index contributed by atoms with van der Waals surface area (Å²) in [5.74, 6) is 0.754. The number of fused-ring (bicyclic) bond motifs is 1. The number of nitrogens with zero attached hydrogens (tertiary/aromatic N) is 2. The largest absolute Gasteiger partial charge is 0.417 e. The standard InChI is InChI=1S/C15H14F4N2S/c1-8-3-10(4-8)21-9(2)5-13(15(16,17)18)12-6-11(22-19)7-20-14(12)21/h5-8,10H,2-4H2,1H3. The van der Waals surface area contributed by atoms with Crippen LogP contribution in [0.15, 0.2) is 35.5 Å². The van der Waals surface area contributed by atoms with Crippen LogP contribution in [0.25, 0.3) is 5.57 Å². The van der Waals surface area contributed by atoms with E-state index in [2.05, 4.69) is 18.5 Å². The van der Waals surface area contributed by atoms with Gasteiger partial charge in [-0.25, -0.2) is 4.98 Å². The molecule has 3 rings (SSSR count). The molecule has 1 fully saturated rings. The summed E-state index contributed by atoms with van der Waals surface area (Å²) in [5, 5.41) is 0. The quantitative estimate of drug-likeness (QED) is 0.699. The highest BCUT2D eigenvalue weighted by Crippen LogP contribution is 2.47. The third-order valence-corrected chi connectivity index (χ3v) is 4.49. The second-order valence-electron chi connectivity index (χ2n) is 5.77. The zero-order chi connectivity index (χ0) is 16.1. The van der Waals surface area contributed by atoms with Crippen molar-refractivity contribution in [1.82, 2.24) is 4.98 Å². The van der Waals surface area contributed by atoms with Gasteiger partial charge in [-0.3, -0.25) is 0 Å². The molecule has 0 saturated heterocycles. The summed E-state index contributed by atoms with van der Waals surface area (Å²) in [5.41, 5.74) is -0.619. The summed E-state index contributed by atoms with van der Waals surface area (Å²) < 4.78 is 52.5. The first kappa shape index (κ1) is 15.4. The van der Waals surface area contributed by atoms with Crippen LogP contribution in [0.2, 0.25) is 0 Å². The molecule has 0 atom stereocenters. The molecule has 0 aromatic carbocycles. The fraction of sp³-hybridized carbons (Fsp3) is 0.400. The van der Waals surface area contributed by atoms with Crippen molar-refractivity contribution < 1.29 is 17.1 Å². The van der Waals surface area contributed by atoms with Crippen LogP contribution in [0.1, 0.15) is 25.3 Å². The van der Waals surface area contributed by atoms with E-state index in [0.29, 0.717) is 5.92 Å². The molecule has 1 aromatic rings. The van der Waals surface area contributed by atoms with Crippen molar-refractivity contribution in [2.45, 2.75) is 36.9 Å². The molecule has 118 valence electrons. The minimum atomic E-state index is -4.53. The lowest BCUT2D eigenvalue weighted by Crippen LogP contribution is -2.45. The molecular formula is C15H14F4N2S. The van der Waals surface area contributed by atoms with E-state index >= 15 is 0 Å². The van der Waals surface area contributed by atoms with E-state index in [1.54, 1.807) is 4.90 Å². The van der Waals surface area contributed by atoms with Gasteiger partial charge in [0.15, 0.2) is 0 Å². The fourth-order valence-corrected chi connectivity index (χ4v) is 3.29. The van der Waals surface area contributed by atoms with Crippen LogP contribution in [0, 0.1) is 5.92 Å². The molecule has 2 heterocycles. The summed E-state index contributed by atoms with van der Waals surface area (Å²) in [6, 6.07) is 1.30. The number of pyridine rings is 1. The SMILES string of the molecule is C=C1C=C(C(F)(F)F)c2cc(SF)cnc2N1C1CC(C)C1. The van der Waals surface area contributed by atoms with Crippen molar-refractivity contribution in [1.29, 1.82) is 0 Å².